The third kappa shape index (κ3) is 3.38. The Labute approximate surface area is 167 Å². The Morgan fingerprint density at radius 2 is 2.14 bits per heavy atom. The number of anilines is 1. The minimum absolute atomic E-state index is 0.282. The summed E-state index contributed by atoms with van der Waals surface area (Å²) in [5, 5.41) is 9.99. The number of fused-ring (bicyclic) bond motifs is 1. The molecule has 0 radical (unpaired) electrons. The molecule has 2 aromatic heterocycles. The van der Waals surface area contributed by atoms with Crippen LogP contribution in [0.1, 0.15) is 18.2 Å². The predicted molar refractivity (Wildman–Crippen MR) is 105 cm³/mol. The van der Waals surface area contributed by atoms with Crippen LogP contribution in [-0.2, 0) is 16.1 Å². The molecular formula is C20H21N5O4. The molecule has 4 rings (SSSR count). The van der Waals surface area contributed by atoms with Gasteiger partial charge >= 0.3 is 0 Å². The van der Waals surface area contributed by atoms with Crippen LogP contribution in [0.25, 0.3) is 11.2 Å². The molecule has 3 atom stereocenters. The molecular weight excluding hydrogens is 374 g/mol. The Balaban J connectivity index is 1.56. The second-order valence-corrected chi connectivity index (χ2v) is 6.73. The summed E-state index contributed by atoms with van der Waals surface area (Å²) >= 11 is 0. The normalized spacial score (nSPS) is 23.9. The van der Waals surface area contributed by atoms with Crippen molar-refractivity contribution in [2.45, 2.75) is 31.0 Å². The molecule has 9 nitrogen and oxygen atoms in total. The summed E-state index contributed by atoms with van der Waals surface area (Å²) < 4.78 is 19.0. The van der Waals surface area contributed by atoms with Crippen LogP contribution in [0.2, 0.25) is 0 Å². The van der Waals surface area contributed by atoms with Gasteiger partial charge in [-0.05, 0) is 17.7 Å². The van der Waals surface area contributed by atoms with Crippen molar-refractivity contribution in [1.82, 2.24) is 19.5 Å². The summed E-state index contributed by atoms with van der Waals surface area (Å²) in [7, 11) is 1.61. The Bertz CT molecular complexity index is 1050. The van der Waals surface area contributed by atoms with Gasteiger partial charge in [-0.25, -0.2) is 15.0 Å². The number of hydrogen-bond acceptors (Lipinski definition) is 8. The molecule has 1 fully saturated rings. The van der Waals surface area contributed by atoms with Gasteiger partial charge in [-0.1, -0.05) is 18.1 Å². The van der Waals surface area contributed by atoms with Gasteiger partial charge in [0.1, 0.15) is 29.9 Å². The monoisotopic (exact) mass is 395 g/mol. The number of hydrogen-bond donors (Lipinski definition) is 2. The van der Waals surface area contributed by atoms with Crippen molar-refractivity contribution in [2.24, 2.45) is 0 Å². The maximum absolute atomic E-state index is 9.99. The van der Waals surface area contributed by atoms with Gasteiger partial charge in [0.2, 0.25) is 0 Å². The molecule has 0 bridgehead atoms. The maximum Gasteiger partial charge on any atom is 0.179 e. The van der Waals surface area contributed by atoms with Gasteiger partial charge in [-0.15, -0.1) is 6.42 Å². The molecule has 3 heterocycles. The van der Waals surface area contributed by atoms with Crippen LogP contribution in [0, 0.1) is 12.3 Å². The van der Waals surface area contributed by atoms with E-state index in [9.17, 15) is 5.11 Å². The summed E-state index contributed by atoms with van der Waals surface area (Å²) in [6.07, 6.45) is 8.04. The first-order valence-corrected chi connectivity index (χ1v) is 9.04. The van der Waals surface area contributed by atoms with E-state index in [-0.39, 0.29) is 12.4 Å². The van der Waals surface area contributed by atoms with E-state index in [1.807, 2.05) is 24.3 Å². The number of aromatic nitrogens is 4. The Hall–Kier alpha value is -3.19. The second kappa shape index (κ2) is 7.67. The second-order valence-electron chi connectivity index (χ2n) is 6.73. The highest BCUT2D eigenvalue weighted by molar-refractivity contribution is 5.81. The van der Waals surface area contributed by atoms with Crippen LogP contribution in [0.15, 0.2) is 36.9 Å². The van der Waals surface area contributed by atoms with E-state index in [2.05, 4.69) is 20.9 Å². The zero-order valence-corrected chi connectivity index (χ0v) is 15.9. The first-order valence-electron chi connectivity index (χ1n) is 9.04. The van der Waals surface area contributed by atoms with E-state index in [4.69, 9.17) is 26.4 Å². The highest BCUT2D eigenvalue weighted by atomic mass is 16.6. The molecule has 29 heavy (non-hydrogen) atoms. The molecule has 0 aliphatic carbocycles. The number of methoxy groups -OCH3 is 1. The average Bonchev–Trinajstić information content (AvgIpc) is 3.35. The van der Waals surface area contributed by atoms with Crippen molar-refractivity contribution in [3.8, 4) is 18.1 Å². The number of nitrogen functional groups attached to an aromatic ring is 1. The molecule has 3 N–H and O–H groups in total. The van der Waals surface area contributed by atoms with Gasteiger partial charge in [-0.2, -0.15) is 0 Å². The van der Waals surface area contributed by atoms with Gasteiger partial charge in [0, 0.05) is 6.42 Å². The minimum atomic E-state index is -1.27. The quantitative estimate of drug-likeness (QED) is 0.600. The van der Waals surface area contributed by atoms with Crippen molar-refractivity contribution >= 4 is 17.0 Å². The summed E-state index contributed by atoms with van der Waals surface area (Å²) in [5.41, 5.74) is 6.55. The smallest absolute Gasteiger partial charge is 0.179 e. The van der Waals surface area contributed by atoms with E-state index in [0.717, 1.165) is 11.3 Å². The van der Waals surface area contributed by atoms with E-state index in [0.29, 0.717) is 24.2 Å². The largest absolute Gasteiger partial charge is 0.497 e. The molecule has 1 aromatic carbocycles. The third-order valence-electron chi connectivity index (χ3n) is 5.07. The molecule has 0 saturated carbocycles. The SMILES string of the molecule is C#C[C@]1(CO)O[C@@H](n2cnc3c(N)ncnc32)C[C@@H]1OCc1ccc(OC)cc1. The first kappa shape index (κ1) is 19.1. The molecule has 3 aromatic rings. The van der Waals surface area contributed by atoms with E-state index in [1.54, 1.807) is 18.0 Å². The van der Waals surface area contributed by atoms with Crippen molar-refractivity contribution in [3.63, 3.8) is 0 Å². The zero-order valence-electron chi connectivity index (χ0n) is 15.9. The number of aliphatic hydroxyl groups is 1. The predicted octanol–water partition coefficient (Wildman–Crippen LogP) is 1.29. The number of terminal acetylenes is 1. The van der Waals surface area contributed by atoms with Crippen LogP contribution in [0.5, 0.6) is 5.75 Å². The first-order chi connectivity index (χ1) is 14.1. The number of aliphatic hydroxyl groups excluding tert-OH is 1. The number of rotatable bonds is 6. The van der Waals surface area contributed by atoms with Crippen molar-refractivity contribution < 1.29 is 19.3 Å². The van der Waals surface area contributed by atoms with Crippen molar-refractivity contribution in [3.05, 3.63) is 42.5 Å². The van der Waals surface area contributed by atoms with Gasteiger partial charge in [-0.3, -0.25) is 4.57 Å². The fourth-order valence-electron chi connectivity index (χ4n) is 3.42. The molecule has 0 spiro atoms. The molecule has 9 heteroatoms. The molecule has 0 amide bonds. The molecule has 0 unspecified atom stereocenters. The van der Waals surface area contributed by atoms with Crippen LogP contribution < -0.4 is 10.5 Å². The van der Waals surface area contributed by atoms with Crippen LogP contribution >= 0.6 is 0 Å². The fourth-order valence-corrected chi connectivity index (χ4v) is 3.42. The van der Waals surface area contributed by atoms with Gasteiger partial charge in [0.15, 0.2) is 17.1 Å². The van der Waals surface area contributed by atoms with Gasteiger partial charge < -0.3 is 25.1 Å². The van der Waals surface area contributed by atoms with E-state index in [1.165, 1.54) is 6.33 Å². The van der Waals surface area contributed by atoms with Gasteiger partial charge in [0.05, 0.1) is 26.7 Å². The highest BCUT2D eigenvalue weighted by Gasteiger charge is 2.49. The summed E-state index contributed by atoms with van der Waals surface area (Å²) in [5.74, 6) is 3.62. The lowest BCUT2D eigenvalue weighted by Crippen LogP contribution is -2.43. The number of benzene rings is 1. The summed E-state index contributed by atoms with van der Waals surface area (Å²) in [6.45, 7) is -0.0645. The number of nitrogens with two attached hydrogens (primary N) is 1. The van der Waals surface area contributed by atoms with Crippen LogP contribution in [0.3, 0.4) is 0 Å². The number of imidazole rings is 1. The summed E-state index contributed by atoms with van der Waals surface area (Å²) in [4.78, 5) is 12.4. The molecule has 1 aliphatic rings. The van der Waals surface area contributed by atoms with Crippen molar-refractivity contribution in [2.75, 3.05) is 19.5 Å². The van der Waals surface area contributed by atoms with Crippen LogP contribution in [-0.4, -0.2) is 50.0 Å². The highest BCUT2D eigenvalue weighted by Crippen LogP contribution is 2.39. The fraction of sp³-hybridized carbons (Fsp3) is 0.350. The maximum atomic E-state index is 9.99. The van der Waals surface area contributed by atoms with Crippen molar-refractivity contribution in [1.29, 1.82) is 0 Å². The molecule has 150 valence electrons. The summed E-state index contributed by atoms with van der Waals surface area (Å²) in [6, 6.07) is 7.53. The third-order valence-corrected chi connectivity index (χ3v) is 5.07. The number of ether oxygens (including phenoxy) is 3. The Morgan fingerprint density at radius 3 is 2.83 bits per heavy atom. The minimum Gasteiger partial charge on any atom is -0.497 e. The van der Waals surface area contributed by atoms with E-state index < -0.39 is 17.9 Å². The standard InChI is InChI=1S/C20H21N5O4/c1-3-20(10-26)15(28-9-13-4-6-14(27-2)7-5-13)8-16(29-20)25-12-24-17-18(21)22-11-23-19(17)25/h1,4-7,11-12,15-16,26H,8-10H2,2H3,(H2,21,22,23)/t15-,16+,20+/m0/s1. The Kier molecular flexibility index (Phi) is 5.07. The molecule has 1 saturated heterocycles. The lowest BCUT2D eigenvalue weighted by Gasteiger charge is -2.27. The topological polar surface area (TPSA) is 118 Å². The van der Waals surface area contributed by atoms with Crippen LogP contribution in [0.4, 0.5) is 5.82 Å². The zero-order chi connectivity index (χ0) is 20.4. The van der Waals surface area contributed by atoms with Gasteiger partial charge in [0.25, 0.3) is 0 Å². The lowest BCUT2D eigenvalue weighted by molar-refractivity contribution is -0.107. The molecule has 1 aliphatic heterocycles. The average molecular weight is 395 g/mol. The van der Waals surface area contributed by atoms with E-state index >= 15 is 0 Å². The Morgan fingerprint density at radius 1 is 1.34 bits per heavy atom. The number of nitrogens with zero attached hydrogens (tertiary/aromatic N) is 4. The lowest BCUT2D eigenvalue weighted by atomic mass is 9.98.